The molecule has 0 spiro atoms. The molecule has 1 aromatic carbocycles. The second kappa shape index (κ2) is 6.62. The molecular weight excluding hydrogens is 231 g/mol. The molecule has 1 rings (SSSR count). The Morgan fingerprint density at radius 3 is 1.67 bits per heavy atom. The molecule has 1 aromatic rings. The molecule has 18 heavy (non-hydrogen) atoms. The molecule has 0 radical (unpaired) electrons. The van der Waals surface area contributed by atoms with Gasteiger partial charge in [-0.25, -0.2) is 4.39 Å². The Balaban J connectivity index is 3.46. The monoisotopic (exact) mass is 254 g/mol. The molecule has 2 N–H and O–H groups in total. The lowest BCUT2D eigenvalue weighted by Gasteiger charge is -2.18. The van der Waals surface area contributed by atoms with E-state index in [1.807, 2.05) is 20.8 Å². The predicted octanol–water partition coefficient (Wildman–Crippen LogP) is 4.09. The van der Waals surface area contributed by atoms with Crippen molar-refractivity contribution in [2.45, 2.75) is 59.3 Å². The van der Waals surface area contributed by atoms with Crippen LogP contribution in [0.2, 0.25) is 0 Å². The van der Waals surface area contributed by atoms with Crippen LogP contribution in [0, 0.1) is 5.82 Å². The number of hydrogen-bond acceptors (Lipinski definition) is 2. The quantitative estimate of drug-likeness (QED) is 0.750. The minimum Gasteiger partial charge on any atom is -0.504 e. The van der Waals surface area contributed by atoms with Crippen molar-refractivity contribution in [2.24, 2.45) is 0 Å². The van der Waals surface area contributed by atoms with Crippen LogP contribution in [0.4, 0.5) is 4.39 Å². The minimum atomic E-state index is -0.641. The van der Waals surface area contributed by atoms with Crippen LogP contribution in [-0.2, 0) is 19.3 Å². The summed E-state index contributed by atoms with van der Waals surface area (Å²) in [5, 5.41) is 19.6. The van der Waals surface area contributed by atoms with Crippen LogP contribution in [0.5, 0.6) is 11.5 Å². The van der Waals surface area contributed by atoms with E-state index in [0.29, 0.717) is 18.4 Å². The molecule has 0 amide bonds. The van der Waals surface area contributed by atoms with Crippen LogP contribution < -0.4 is 0 Å². The Morgan fingerprint density at radius 2 is 1.17 bits per heavy atom. The van der Waals surface area contributed by atoms with Gasteiger partial charge >= 0.3 is 0 Å². The number of rotatable bonds is 6. The second-order valence-corrected chi connectivity index (χ2v) is 4.70. The first-order valence-corrected chi connectivity index (χ1v) is 6.82. The Morgan fingerprint density at radius 1 is 0.722 bits per heavy atom. The summed E-state index contributed by atoms with van der Waals surface area (Å²) >= 11 is 0. The van der Waals surface area contributed by atoms with E-state index in [9.17, 15) is 14.6 Å². The lowest BCUT2D eigenvalue weighted by atomic mass is 9.90. The normalized spacial score (nSPS) is 10.9. The van der Waals surface area contributed by atoms with Gasteiger partial charge in [-0.15, -0.1) is 0 Å². The zero-order chi connectivity index (χ0) is 13.7. The molecule has 0 aliphatic heterocycles. The summed E-state index contributed by atoms with van der Waals surface area (Å²) in [7, 11) is 0. The molecule has 0 aliphatic carbocycles. The predicted molar refractivity (Wildman–Crippen MR) is 71.7 cm³/mol. The summed E-state index contributed by atoms with van der Waals surface area (Å²) < 4.78 is 14.0. The van der Waals surface area contributed by atoms with E-state index >= 15 is 0 Å². The summed E-state index contributed by atoms with van der Waals surface area (Å²) in [5.41, 5.74) is 2.20. The molecule has 0 unspecified atom stereocenters. The van der Waals surface area contributed by atoms with Gasteiger partial charge in [0.05, 0.1) is 0 Å². The average molecular weight is 254 g/mol. The molecule has 0 aromatic heterocycles. The molecule has 0 bridgehead atoms. The lowest BCUT2D eigenvalue weighted by Crippen LogP contribution is -2.05. The third-order valence-electron chi connectivity index (χ3n) is 3.21. The smallest absolute Gasteiger partial charge is 0.194 e. The Labute approximate surface area is 108 Å². The van der Waals surface area contributed by atoms with E-state index in [-0.39, 0.29) is 5.75 Å². The fraction of sp³-hybridized carbons (Fsp3) is 0.600. The van der Waals surface area contributed by atoms with E-state index in [1.165, 1.54) is 0 Å². The van der Waals surface area contributed by atoms with Gasteiger partial charge in [-0.3, -0.25) is 0 Å². The molecule has 102 valence electrons. The van der Waals surface area contributed by atoms with Crippen LogP contribution in [0.3, 0.4) is 0 Å². The number of hydrogen-bond donors (Lipinski definition) is 2. The molecule has 0 heterocycles. The Hall–Kier alpha value is -1.25. The average Bonchev–Trinajstić information content (AvgIpc) is 2.36. The van der Waals surface area contributed by atoms with Gasteiger partial charge in [0, 0.05) is 5.56 Å². The molecule has 0 atom stereocenters. The van der Waals surface area contributed by atoms with Crippen molar-refractivity contribution < 1.29 is 14.6 Å². The Kier molecular flexibility index (Phi) is 5.45. The first-order chi connectivity index (χ1) is 8.58. The van der Waals surface area contributed by atoms with E-state index in [0.717, 1.165) is 36.8 Å². The maximum Gasteiger partial charge on any atom is 0.194 e. The van der Waals surface area contributed by atoms with Gasteiger partial charge in [-0.1, -0.05) is 40.0 Å². The highest BCUT2D eigenvalue weighted by Gasteiger charge is 2.22. The number of phenolic OH excluding ortho intramolecular Hbond substituents is 2. The van der Waals surface area contributed by atoms with Crippen LogP contribution in [0.25, 0.3) is 0 Å². The molecule has 0 aliphatic rings. The van der Waals surface area contributed by atoms with Gasteiger partial charge in [0.25, 0.3) is 0 Å². The van der Waals surface area contributed by atoms with Crippen molar-refractivity contribution in [1.29, 1.82) is 0 Å². The topological polar surface area (TPSA) is 40.5 Å². The zero-order valence-corrected chi connectivity index (χ0v) is 11.5. The highest BCUT2D eigenvalue weighted by molar-refractivity contribution is 5.54. The van der Waals surface area contributed by atoms with Gasteiger partial charge < -0.3 is 10.2 Å². The number of benzene rings is 1. The highest BCUT2D eigenvalue weighted by atomic mass is 19.1. The van der Waals surface area contributed by atoms with Gasteiger partial charge in [0.2, 0.25) is 0 Å². The lowest BCUT2D eigenvalue weighted by molar-refractivity contribution is 0.371. The maximum absolute atomic E-state index is 14.0. The fourth-order valence-electron chi connectivity index (χ4n) is 2.43. The van der Waals surface area contributed by atoms with E-state index in [4.69, 9.17) is 0 Å². The summed E-state index contributed by atoms with van der Waals surface area (Å²) in [4.78, 5) is 0. The standard InChI is InChI=1S/C15H23FO2/c1-4-7-10-11(8-5-2)13(16)15(18)14(17)12(10)9-6-3/h17-18H,4-9H2,1-3H3. The van der Waals surface area contributed by atoms with Crippen molar-refractivity contribution in [3.8, 4) is 11.5 Å². The molecule has 3 heteroatoms. The SMILES string of the molecule is CCCc1c(O)c(O)c(F)c(CCC)c1CCC. The first-order valence-electron chi connectivity index (χ1n) is 6.82. The molecular formula is C15H23FO2. The second-order valence-electron chi connectivity index (χ2n) is 4.70. The first kappa shape index (κ1) is 14.8. The van der Waals surface area contributed by atoms with Crippen molar-refractivity contribution in [3.63, 3.8) is 0 Å². The van der Waals surface area contributed by atoms with Gasteiger partial charge in [-0.2, -0.15) is 0 Å². The van der Waals surface area contributed by atoms with Crippen LogP contribution in [0.1, 0.15) is 56.7 Å². The minimum absolute atomic E-state index is 0.266. The van der Waals surface area contributed by atoms with Crippen LogP contribution in [0.15, 0.2) is 0 Å². The highest BCUT2D eigenvalue weighted by Crippen LogP contribution is 2.39. The summed E-state index contributed by atoms with van der Waals surface area (Å²) in [6, 6.07) is 0. The molecule has 0 saturated heterocycles. The summed E-state index contributed by atoms with van der Waals surface area (Å²) in [6.45, 7) is 6.03. The van der Waals surface area contributed by atoms with E-state index < -0.39 is 11.6 Å². The van der Waals surface area contributed by atoms with Gasteiger partial charge in [0.1, 0.15) is 0 Å². The summed E-state index contributed by atoms with van der Waals surface area (Å²) in [5.74, 6) is -1.49. The maximum atomic E-state index is 14.0. The number of halogens is 1. The number of aromatic hydroxyl groups is 2. The molecule has 0 fully saturated rings. The largest absolute Gasteiger partial charge is 0.504 e. The third kappa shape index (κ3) is 2.77. The van der Waals surface area contributed by atoms with E-state index in [1.54, 1.807) is 0 Å². The van der Waals surface area contributed by atoms with Crippen molar-refractivity contribution >= 4 is 0 Å². The van der Waals surface area contributed by atoms with Gasteiger partial charge in [0.15, 0.2) is 17.3 Å². The van der Waals surface area contributed by atoms with Crippen LogP contribution in [-0.4, -0.2) is 10.2 Å². The van der Waals surface area contributed by atoms with Crippen molar-refractivity contribution in [3.05, 3.63) is 22.5 Å². The molecule has 2 nitrogen and oxygen atoms in total. The van der Waals surface area contributed by atoms with E-state index in [2.05, 4.69) is 0 Å². The van der Waals surface area contributed by atoms with Crippen molar-refractivity contribution in [1.82, 2.24) is 0 Å². The molecule has 0 saturated carbocycles. The third-order valence-corrected chi connectivity index (χ3v) is 3.21. The Bertz CT molecular complexity index is 380. The zero-order valence-electron chi connectivity index (χ0n) is 11.5. The fourth-order valence-corrected chi connectivity index (χ4v) is 2.43. The van der Waals surface area contributed by atoms with Crippen molar-refractivity contribution in [2.75, 3.05) is 0 Å². The number of phenols is 2. The summed E-state index contributed by atoms with van der Waals surface area (Å²) in [6.07, 6.45) is 4.61. The van der Waals surface area contributed by atoms with Crippen LogP contribution >= 0.6 is 0 Å². The van der Waals surface area contributed by atoms with Gasteiger partial charge in [-0.05, 0) is 30.4 Å².